The van der Waals surface area contributed by atoms with Crippen LogP contribution in [-0.4, -0.2) is 42.3 Å². The van der Waals surface area contributed by atoms with Crippen molar-refractivity contribution < 1.29 is 24.2 Å². The average Bonchev–Trinajstić information content (AvgIpc) is 2.39. The molecule has 1 unspecified atom stereocenters. The van der Waals surface area contributed by atoms with Crippen LogP contribution in [-0.2, 0) is 14.3 Å². The molecule has 0 bridgehead atoms. The summed E-state index contributed by atoms with van der Waals surface area (Å²) in [5, 5.41) is 13.2. The zero-order valence-electron chi connectivity index (χ0n) is 11.5. The number of carbonyl (C=O) groups is 3. The highest BCUT2D eigenvalue weighted by Gasteiger charge is 2.14. The number of carboxylic acids is 1. The summed E-state index contributed by atoms with van der Waals surface area (Å²) >= 11 is 0. The molecule has 1 rings (SSSR count). The molecule has 1 aliphatic heterocycles. The van der Waals surface area contributed by atoms with Crippen LogP contribution in [0, 0.1) is 0 Å². The van der Waals surface area contributed by atoms with E-state index in [9.17, 15) is 14.4 Å². The van der Waals surface area contributed by atoms with Gasteiger partial charge in [-0.15, -0.1) is 0 Å². The molecule has 0 aliphatic carbocycles. The van der Waals surface area contributed by atoms with E-state index in [2.05, 4.69) is 10.6 Å². The summed E-state index contributed by atoms with van der Waals surface area (Å²) in [7, 11) is 0. The van der Waals surface area contributed by atoms with Gasteiger partial charge in [0, 0.05) is 26.0 Å². The van der Waals surface area contributed by atoms with E-state index < -0.39 is 17.9 Å². The molecule has 1 fully saturated rings. The minimum Gasteiger partial charge on any atom is -0.481 e. The van der Waals surface area contributed by atoms with Crippen LogP contribution in [0.15, 0.2) is 0 Å². The van der Waals surface area contributed by atoms with E-state index in [1.165, 1.54) is 0 Å². The number of ether oxygens (including phenoxy) is 1. The fourth-order valence-corrected chi connectivity index (χ4v) is 2.02. The Kier molecular flexibility index (Phi) is 7.64. The third-order valence-electron chi connectivity index (χ3n) is 3.07. The fourth-order valence-electron chi connectivity index (χ4n) is 2.02. The van der Waals surface area contributed by atoms with Crippen molar-refractivity contribution >= 4 is 17.9 Å². The number of hydrogen-bond acceptors (Lipinski definition) is 4. The third-order valence-corrected chi connectivity index (χ3v) is 3.07. The lowest BCUT2D eigenvalue weighted by Crippen LogP contribution is -2.40. The van der Waals surface area contributed by atoms with Gasteiger partial charge in [-0.1, -0.05) is 0 Å². The molecule has 0 aromatic heterocycles. The average molecular weight is 286 g/mol. The summed E-state index contributed by atoms with van der Waals surface area (Å²) in [6.07, 6.45) is 4.37. The molecule has 1 aliphatic rings. The van der Waals surface area contributed by atoms with Gasteiger partial charge in [-0.3, -0.25) is 14.9 Å². The first-order valence-electron chi connectivity index (χ1n) is 6.99. The van der Waals surface area contributed by atoms with E-state index in [0.717, 1.165) is 32.3 Å². The Morgan fingerprint density at radius 2 is 2.00 bits per heavy atom. The number of rotatable bonds is 7. The van der Waals surface area contributed by atoms with E-state index in [1.54, 1.807) is 0 Å². The first-order chi connectivity index (χ1) is 9.58. The summed E-state index contributed by atoms with van der Waals surface area (Å²) in [5.74, 6) is -1.41. The van der Waals surface area contributed by atoms with Gasteiger partial charge in [-0.05, 0) is 32.1 Å². The smallest absolute Gasteiger partial charge is 0.321 e. The van der Waals surface area contributed by atoms with Crippen molar-refractivity contribution in [2.75, 3.05) is 13.2 Å². The number of urea groups is 1. The van der Waals surface area contributed by atoms with Crippen LogP contribution in [0.1, 0.15) is 44.9 Å². The van der Waals surface area contributed by atoms with Crippen molar-refractivity contribution in [2.45, 2.75) is 51.0 Å². The van der Waals surface area contributed by atoms with Crippen LogP contribution in [0.3, 0.4) is 0 Å². The molecule has 1 saturated heterocycles. The molecule has 114 valence electrons. The van der Waals surface area contributed by atoms with Gasteiger partial charge < -0.3 is 15.2 Å². The second kappa shape index (κ2) is 9.30. The third kappa shape index (κ3) is 7.73. The van der Waals surface area contributed by atoms with E-state index in [4.69, 9.17) is 9.84 Å². The van der Waals surface area contributed by atoms with Gasteiger partial charge in [0.25, 0.3) is 0 Å². The summed E-state index contributed by atoms with van der Waals surface area (Å²) in [4.78, 5) is 33.0. The van der Waals surface area contributed by atoms with Gasteiger partial charge in [0.05, 0.1) is 6.10 Å². The lowest BCUT2D eigenvalue weighted by molar-refractivity contribution is -0.137. The zero-order chi connectivity index (χ0) is 14.8. The molecule has 0 spiro atoms. The molecule has 7 heteroatoms. The minimum absolute atomic E-state index is 0.0332. The molecule has 20 heavy (non-hydrogen) atoms. The zero-order valence-corrected chi connectivity index (χ0v) is 11.5. The molecular formula is C13H22N2O5. The first kappa shape index (κ1) is 16.4. The lowest BCUT2D eigenvalue weighted by atomic mass is 10.1. The van der Waals surface area contributed by atoms with Crippen LogP contribution in [0.25, 0.3) is 0 Å². The first-order valence-corrected chi connectivity index (χ1v) is 6.99. The fraction of sp³-hybridized carbons (Fsp3) is 0.769. The quantitative estimate of drug-likeness (QED) is 0.648. The molecule has 7 nitrogen and oxygen atoms in total. The van der Waals surface area contributed by atoms with Crippen LogP contribution in [0.5, 0.6) is 0 Å². The van der Waals surface area contributed by atoms with Crippen LogP contribution < -0.4 is 10.6 Å². The van der Waals surface area contributed by atoms with Crippen LogP contribution >= 0.6 is 0 Å². The van der Waals surface area contributed by atoms with Crippen molar-refractivity contribution in [3.05, 3.63) is 0 Å². The second-order valence-electron chi connectivity index (χ2n) is 4.83. The Morgan fingerprint density at radius 1 is 1.20 bits per heavy atom. The van der Waals surface area contributed by atoms with Gasteiger partial charge in [-0.25, -0.2) is 4.79 Å². The number of nitrogens with one attached hydrogen (secondary N) is 2. The molecule has 1 atom stereocenters. The Labute approximate surface area is 118 Å². The van der Waals surface area contributed by atoms with Gasteiger partial charge >= 0.3 is 12.0 Å². The number of hydrogen-bond donors (Lipinski definition) is 3. The van der Waals surface area contributed by atoms with Gasteiger partial charge in [0.2, 0.25) is 5.91 Å². The highest BCUT2D eigenvalue weighted by molar-refractivity contribution is 5.94. The Hall–Kier alpha value is -1.63. The summed E-state index contributed by atoms with van der Waals surface area (Å²) in [5.41, 5.74) is 0. The molecule has 3 amide bonds. The van der Waals surface area contributed by atoms with Crippen molar-refractivity contribution in [2.24, 2.45) is 0 Å². The maximum absolute atomic E-state index is 11.4. The predicted octanol–water partition coefficient (Wildman–Crippen LogP) is 1.03. The SMILES string of the molecule is O=C(O)CCCC(=O)NC(=O)NCCC1CCCCO1. The van der Waals surface area contributed by atoms with Crippen LogP contribution in [0.4, 0.5) is 4.79 Å². The number of carboxylic acid groups (broad SMARTS) is 1. The minimum atomic E-state index is -0.949. The maximum Gasteiger partial charge on any atom is 0.321 e. The summed E-state index contributed by atoms with van der Waals surface area (Å²) in [6, 6.07) is -0.541. The highest BCUT2D eigenvalue weighted by atomic mass is 16.5. The lowest BCUT2D eigenvalue weighted by Gasteiger charge is -2.22. The van der Waals surface area contributed by atoms with Crippen molar-refractivity contribution in [1.29, 1.82) is 0 Å². The molecule has 1 heterocycles. The van der Waals surface area contributed by atoms with Gasteiger partial charge in [0.1, 0.15) is 0 Å². The van der Waals surface area contributed by atoms with Crippen LogP contribution in [0.2, 0.25) is 0 Å². The summed E-state index contributed by atoms with van der Waals surface area (Å²) < 4.78 is 5.52. The topological polar surface area (TPSA) is 105 Å². The van der Waals surface area contributed by atoms with Gasteiger partial charge in [-0.2, -0.15) is 0 Å². The predicted molar refractivity (Wildman–Crippen MR) is 71.2 cm³/mol. The normalized spacial score (nSPS) is 18.3. The number of amides is 3. The molecule has 0 aromatic rings. The van der Waals surface area contributed by atoms with E-state index >= 15 is 0 Å². The van der Waals surface area contributed by atoms with Gasteiger partial charge in [0.15, 0.2) is 0 Å². The van der Waals surface area contributed by atoms with E-state index in [-0.39, 0.29) is 25.4 Å². The second-order valence-corrected chi connectivity index (χ2v) is 4.83. The highest BCUT2D eigenvalue weighted by Crippen LogP contribution is 2.14. The van der Waals surface area contributed by atoms with E-state index in [0.29, 0.717) is 6.54 Å². The Bertz CT molecular complexity index is 340. The number of aliphatic carboxylic acids is 1. The summed E-state index contributed by atoms with van der Waals surface area (Å²) in [6.45, 7) is 1.23. The monoisotopic (exact) mass is 286 g/mol. The van der Waals surface area contributed by atoms with Crippen molar-refractivity contribution in [3.63, 3.8) is 0 Å². The standard InChI is InChI=1S/C13H22N2O5/c16-11(5-3-6-12(17)18)15-13(19)14-8-7-10-4-1-2-9-20-10/h10H,1-9H2,(H,17,18)(H2,14,15,16,19). The molecular weight excluding hydrogens is 264 g/mol. The maximum atomic E-state index is 11.4. The molecule has 0 aromatic carbocycles. The molecule has 3 N–H and O–H groups in total. The van der Waals surface area contributed by atoms with Crippen molar-refractivity contribution in [1.82, 2.24) is 10.6 Å². The Morgan fingerprint density at radius 3 is 2.65 bits per heavy atom. The molecule has 0 radical (unpaired) electrons. The van der Waals surface area contributed by atoms with Crippen molar-refractivity contribution in [3.8, 4) is 0 Å². The van der Waals surface area contributed by atoms with E-state index in [1.807, 2.05) is 0 Å². The number of imide groups is 1. The Balaban J connectivity index is 2.04. The molecule has 0 saturated carbocycles. The largest absolute Gasteiger partial charge is 0.481 e. The number of carbonyl (C=O) groups excluding carboxylic acids is 2.